The van der Waals surface area contributed by atoms with Gasteiger partial charge in [-0.2, -0.15) is 4.98 Å². The number of hydrogen-bond donors (Lipinski definition) is 1. The van der Waals surface area contributed by atoms with Crippen LogP contribution in [0.5, 0.6) is 6.01 Å². The number of methoxy groups -OCH3 is 1. The predicted molar refractivity (Wildman–Crippen MR) is 104 cm³/mol. The number of rotatable bonds is 4. The second-order valence-corrected chi connectivity index (χ2v) is 7.11. The van der Waals surface area contributed by atoms with Crippen molar-refractivity contribution in [2.75, 3.05) is 12.4 Å². The lowest BCUT2D eigenvalue weighted by molar-refractivity contribution is 0.252. The first-order valence-electron chi connectivity index (χ1n) is 8.77. The van der Waals surface area contributed by atoms with Crippen LogP contribution in [-0.4, -0.2) is 37.7 Å². The second kappa shape index (κ2) is 6.35. The maximum absolute atomic E-state index is 6.06. The molecule has 1 N–H and O–H groups in total. The van der Waals surface area contributed by atoms with Crippen LogP contribution in [0.1, 0.15) is 18.9 Å². The summed E-state index contributed by atoms with van der Waals surface area (Å²) in [6.45, 7) is 0. The van der Waals surface area contributed by atoms with E-state index in [9.17, 15) is 0 Å². The van der Waals surface area contributed by atoms with Gasteiger partial charge in [-0.1, -0.05) is 11.6 Å². The quantitative estimate of drug-likeness (QED) is 0.579. The Balaban J connectivity index is 1.34. The second-order valence-electron chi connectivity index (χ2n) is 6.68. The number of halogens is 1. The molecule has 27 heavy (non-hydrogen) atoms. The topological polar surface area (TPSA) is 77.8 Å². The van der Waals surface area contributed by atoms with Gasteiger partial charge in [-0.3, -0.25) is 4.57 Å². The number of aromatic nitrogens is 5. The number of hydrogen-bond acceptors (Lipinski definition) is 6. The normalized spacial score (nSPS) is 19.2. The van der Waals surface area contributed by atoms with E-state index in [2.05, 4.69) is 29.8 Å². The number of ether oxygens (including phenoxy) is 1. The summed E-state index contributed by atoms with van der Waals surface area (Å²) in [5, 5.41) is 5.05. The Morgan fingerprint density at radius 1 is 1.15 bits per heavy atom. The van der Waals surface area contributed by atoms with E-state index >= 15 is 0 Å². The molecule has 4 aromatic rings. The lowest BCUT2D eigenvalue weighted by Gasteiger charge is -2.37. The van der Waals surface area contributed by atoms with Crippen LogP contribution < -0.4 is 10.1 Å². The van der Waals surface area contributed by atoms with E-state index in [4.69, 9.17) is 16.3 Å². The first-order chi connectivity index (χ1) is 13.2. The van der Waals surface area contributed by atoms with Gasteiger partial charge in [-0.15, -0.1) is 0 Å². The number of nitrogens with one attached hydrogen (secondary N) is 1. The number of pyridine rings is 1. The van der Waals surface area contributed by atoms with E-state index in [1.807, 2.05) is 36.5 Å². The van der Waals surface area contributed by atoms with Crippen molar-refractivity contribution in [3.8, 4) is 6.01 Å². The van der Waals surface area contributed by atoms with Gasteiger partial charge in [0, 0.05) is 34.9 Å². The molecule has 1 fully saturated rings. The Labute approximate surface area is 160 Å². The molecule has 8 heteroatoms. The molecule has 0 bridgehead atoms. The van der Waals surface area contributed by atoms with Crippen molar-refractivity contribution in [2.24, 2.45) is 0 Å². The van der Waals surface area contributed by atoms with Crippen molar-refractivity contribution >= 4 is 39.6 Å². The van der Waals surface area contributed by atoms with E-state index in [1.165, 1.54) is 0 Å². The minimum Gasteiger partial charge on any atom is -0.468 e. The standard InChI is InChI=1S/C19H17ClN6O/c1-27-19-25-15-3-2-6-21-17(15)26(19)14-8-13(9-14)23-18-22-10-11-4-5-12(20)7-16(11)24-18/h2-7,10,13-14H,8-9H2,1H3,(H,22,23,24). The molecule has 0 atom stereocenters. The molecule has 0 saturated heterocycles. The SMILES string of the molecule is COc1nc2cccnc2n1C1CC(Nc2ncc3ccc(Cl)cc3n2)C1. The minimum atomic E-state index is 0.284. The third-order valence-electron chi connectivity index (χ3n) is 4.96. The van der Waals surface area contributed by atoms with Gasteiger partial charge in [0.05, 0.1) is 12.6 Å². The number of imidazole rings is 1. The molecule has 3 aromatic heterocycles. The van der Waals surface area contributed by atoms with Crippen LogP contribution in [0.2, 0.25) is 5.02 Å². The number of nitrogens with zero attached hydrogens (tertiary/aromatic N) is 5. The molecule has 1 saturated carbocycles. The molecule has 1 aliphatic rings. The molecule has 0 amide bonds. The van der Waals surface area contributed by atoms with Gasteiger partial charge in [-0.25, -0.2) is 15.0 Å². The highest BCUT2D eigenvalue weighted by molar-refractivity contribution is 6.31. The zero-order valence-corrected chi connectivity index (χ0v) is 15.4. The van der Waals surface area contributed by atoms with E-state index in [-0.39, 0.29) is 12.1 Å². The van der Waals surface area contributed by atoms with Crippen molar-refractivity contribution in [3.05, 3.63) is 47.7 Å². The van der Waals surface area contributed by atoms with Crippen molar-refractivity contribution in [2.45, 2.75) is 24.9 Å². The Morgan fingerprint density at radius 3 is 2.89 bits per heavy atom. The lowest BCUT2D eigenvalue weighted by atomic mass is 9.86. The molecule has 7 nitrogen and oxygen atoms in total. The summed E-state index contributed by atoms with van der Waals surface area (Å²) in [5.74, 6) is 0.619. The zero-order chi connectivity index (χ0) is 18.4. The Kier molecular flexibility index (Phi) is 3.82. The monoisotopic (exact) mass is 380 g/mol. The zero-order valence-electron chi connectivity index (χ0n) is 14.6. The third kappa shape index (κ3) is 2.84. The van der Waals surface area contributed by atoms with Gasteiger partial charge in [0.2, 0.25) is 5.95 Å². The first-order valence-corrected chi connectivity index (χ1v) is 9.15. The van der Waals surface area contributed by atoms with Gasteiger partial charge in [0.15, 0.2) is 5.65 Å². The highest BCUT2D eigenvalue weighted by atomic mass is 35.5. The summed E-state index contributed by atoms with van der Waals surface area (Å²) in [4.78, 5) is 17.9. The number of fused-ring (bicyclic) bond motifs is 2. The Morgan fingerprint density at radius 2 is 2.04 bits per heavy atom. The lowest BCUT2D eigenvalue weighted by Crippen LogP contribution is -2.37. The first kappa shape index (κ1) is 16.3. The van der Waals surface area contributed by atoms with Crippen molar-refractivity contribution in [3.63, 3.8) is 0 Å². The van der Waals surface area contributed by atoms with Crippen LogP contribution >= 0.6 is 11.6 Å². The maximum atomic E-state index is 6.06. The van der Waals surface area contributed by atoms with Crippen LogP contribution in [0.15, 0.2) is 42.7 Å². The summed E-state index contributed by atoms with van der Waals surface area (Å²) >= 11 is 6.06. The van der Waals surface area contributed by atoms with Crippen molar-refractivity contribution in [1.29, 1.82) is 0 Å². The average Bonchev–Trinajstić information content (AvgIpc) is 3.02. The minimum absolute atomic E-state index is 0.284. The smallest absolute Gasteiger partial charge is 0.298 e. The summed E-state index contributed by atoms with van der Waals surface area (Å²) in [6.07, 6.45) is 5.44. The highest BCUT2D eigenvalue weighted by Crippen LogP contribution is 2.38. The van der Waals surface area contributed by atoms with Crippen LogP contribution in [-0.2, 0) is 0 Å². The van der Waals surface area contributed by atoms with E-state index in [1.54, 1.807) is 13.3 Å². The Bertz CT molecular complexity index is 1140. The van der Waals surface area contributed by atoms with Crippen LogP contribution in [0.25, 0.3) is 22.1 Å². The molecule has 136 valence electrons. The van der Waals surface area contributed by atoms with E-state index in [0.717, 1.165) is 34.9 Å². The van der Waals surface area contributed by atoms with Crippen molar-refractivity contribution < 1.29 is 4.74 Å². The maximum Gasteiger partial charge on any atom is 0.298 e. The van der Waals surface area contributed by atoms with Crippen LogP contribution in [0, 0.1) is 0 Å². The molecular formula is C19H17ClN6O. The number of anilines is 1. The molecule has 5 rings (SSSR count). The van der Waals surface area contributed by atoms with Gasteiger partial charge >= 0.3 is 0 Å². The molecule has 1 aromatic carbocycles. The van der Waals surface area contributed by atoms with E-state index < -0.39 is 0 Å². The number of benzene rings is 1. The fourth-order valence-electron chi connectivity index (χ4n) is 3.55. The Hall–Kier alpha value is -2.93. The summed E-state index contributed by atoms with van der Waals surface area (Å²) in [5.41, 5.74) is 2.54. The van der Waals surface area contributed by atoms with Gasteiger partial charge in [0.25, 0.3) is 6.01 Å². The van der Waals surface area contributed by atoms with Crippen molar-refractivity contribution in [1.82, 2.24) is 24.5 Å². The molecule has 0 aliphatic heterocycles. The van der Waals surface area contributed by atoms with Crippen LogP contribution in [0.3, 0.4) is 0 Å². The van der Waals surface area contributed by atoms with Crippen LogP contribution in [0.4, 0.5) is 5.95 Å². The summed E-state index contributed by atoms with van der Waals surface area (Å²) < 4.78 is 7.53. The fourth-order valence-corrected chi connectivity index (χ4v) is 3.71. The molecule has 0 unspecified atom stereocenters. The van der Waals surface area contributed by atoms with Gasteiger partial charge < -0.3 is 10.1 Å². The molecular weight excluding hydrogens is 364 g/mol. The van der Waals surface area contributed by atoms with E-state index in [0.29, 0.717) is 17.0 Å². The largest absolute Gasteiger partial charge is 0.468 e. The molecule has 0 spiro atoms. The average molecular weight is 381 g/mol. The predicted octanol–water partition coefficient (Wildman–Crippen LogP) is 3.85. The van der Waals surface area contributed by atoms with Gasteiger partial charge in [-0.05, 0) is 43.2 Å². The highest BCUT2D eigenvalue weighted by Gasteiger charge is 2.34. The summed E-state index contributed by atoms with van der Waals surface area (Å²) in [6, 6.07) is 10.6. The summed E-state index contributed by atoms with van der Waals surface area (Å²) in [7, 11) is 1.64. The fraction of sp³-hybridized carbons (Fsp3) is 0.263. The molecule has 1 aliphatic carbocycles. The molecule has 3 heterocycles. The third-order valence-corrected chi connectivity index (χ3v) is 5.19. The molecule has 0 radical (unpaired) electrons. The van der Waals surface area contributed by atoms with Gasteiger partial charge in [0.1, 0.15) is 5.52 Å².